The normalized spacial score (nSPS) is 11.0. The molecule has 0 aliphatic rings. The van der Waals surface area contributed by atoms with E-state index in [1.54, 1.807) is 7.05 Å². The van der Waals surface area contributed by atoms with Crippen molar-refractivity contribution in [3.8, 4) is 6.07 Å². The topological polar surface area (TPSA) is 51.4 Å². The van der Waals surface area contributed by atoms with Crippen LogP contribution in [0.25, 0.3) is 0 Å². The third kappa shape index (κ3) is 4.58. The summed E-state index contributed by atoms with van der Waals surface area (Å²) in [5.41, 5.74) is 4.36. The highest BCUT2D eigenvalue weighted by molar-refractivity contribution is 5.79. The second kappa shape index (κ2) is 8.00. The first-order valence-corrected chi connectivity index (χ1v) is 7.59. The molecule has 0 saturated carbocycles. The molecular weight excluding hydrogens is 284 g/mol. The van der Waals surface area contributed by atoms with E-state index in [1.165, 1.54) is 11.1 Å². The highest BCUT2D eigenvalue weighted by atomic mass is 15.3. The summed E-state index contributed by atoms with van der Waals surface area (Å²) in [6.45, 7) is 3.60. The van der Waals surface area contributed by atoms with Crippen LogP contribution in [0.3, 0.4) is 0 Å². The monoisotopic (exact) mass is 306 g/mol. The van der Waals surface area contributed by atoms with Crippen molar-refractivity contribution < 1.29 is 0 Å². The largest absolute Gasteiger partial charge is 0.352 e. The Labute approximate surface area is 138 Å². The number of aliphatic imine (C=N–C) groups is 1. The molecule has 2 rings (SSSR count). The van der Waals surface area contributed by atoms with E-state index in [4.69, 9.17) is 5.26 Å². The number of guanidine groups is 1. The molecule has 1 N–H and O–H groups in total. The van der Waals surface area contributed by atoms with Crippen LogP contribution in [-0.2, 0) is 13.1 Å². The third-order valence-electron chi connectivity index (χ3n) is 3.78. The Morgan fingerprint density at radius 2 is 1.87 bits per heavy atom. The first kappa shape index (κ1) is 16.6. The summed E-state index contributed by atoms with van der Waals surface area (Å²) in [7, 11) is 3.82. The molecule has 0 atom stereocenters. The molecule has 0 unspecified atom stereocenters. The van der Waals surface area contributed by atoms with Gasteiger partial charge in [-0.15, -0.1) is 0 Å². The second-order valence-corrected chi connectivity index (χ2v) is 5.49. The highest BCUT2D eigenvalue weighted by Gasteiger charge is 2.08. The molecular formula is C19H22N4. The molecule has 23 heavy (non-hydrogen) atoms. The number of nitrogens with zero attached hydrogens (tertiary/aromatic N) is 3. The summed E-state index contributed by atoms with van der Waals surface area (Å²) < 4.78 is 0. The van der Waals surface area contributed by atoms with Crippen molar-refractivity contribution >= 4 is 5.96 Å². The van der Waals surface area contributed by atoms with Crippen LogP contribution in [0.4, 0.5) is 0 Å². The zero-order chi connectivity index (χ0) is 16.7. The van der Waals surface area contributed by atoms with Gasteiger partial charge in [0, 0.05) is 27.2 Å². The van der Waals surface area contributed by atoms with Crippen molar-refractivity contribution in [2.24, 2.45) is 4.99 Å². The molecule has 0 aliphatic carbocycles. The van der Waals surface area contributed by atoms with Crippen molar-refractivity contribution in [2.45, 2.75) is 20.0 Å². The lowest BCUT2D eigenvalue weighted by molar-refractivity contribution is 0.475. The molecule has 0 radical (unpaired) electrons. The van der Waals surface area contributed by atoms with Gasteiger partial charge in [-0.1, -0.05) is 36.4 Å². The average Bonchev–Trinajstić information content (AvgIpc) is 2.58. The minimum Gasteiger partial charge on any atom is -0.352 e. The Hall–Kier alpha value is -2.80. The molecule has 0 aliphatic heterocycles. The number of nitrogens with one attached hydrogen (secondary N) is 1. The second-order valence-electron chi connectivity index (χ2n) is 5.49. The maximum Gasteiger partial charge on any atom is 0.193 e. The molecule has 0 aromatic heterocycles. The Balaban J connectivity index is 1.96. The molecule has 4 heteroatoms. The maximum absolute atomic E-state index is 8.83. The Morgan fingerprint density at radius 1 is 1.17 bits per heavy atom. The van der Waals surface area contributed by atoms with E-state index in [0.717, 1.165) is 18.1 Å². The van der Waals surface area contributed by atoms with Gasteiger partial charge in [-0.3, -0.25) is 4.99 Å². The Kier molecular flexibility index (Phi) is 5.76. The number of hydrogen-bond donors (Lipinski definition) is 1. The molecule has 0 fully saturated rings. The molecule has 0 amide bonds. The first-order valence-electron chi connectivity index (χ1n) is 7.59. The molecule has 0 heterocycles. The summed E-state index contributed by atoms with van der Waals surface area (Å²) in [5.74, 6) is 0.845. The fourth-order valence-electron chi connectivity index (χ4n) is 2.38. The number of rotatable bonds is 4. The van der Waals surface area contributed by atoms with Gasteiger partial charge in [0.2, 0.25) is 0 Å². The van der Waals surface area contributed by atoms with Gasteiger partial charge < -0.3 is 10.2 Å². The summed E-state index contributed by atoms with van der Waals surface area (Å²) in [6, 6.07) is 18.1. The van der Waals surface area contributed by atoms with Crippen molar-refractivity contribution in [1.29, 1.82) is 5.26 Å². The van der Waals surface area contributed by atoms with Crippen molar-refractivity contribution in [3.05, 3.63) is 70.8 Å². The summed E-state index contributed by atoms with van der Waals surface area (Å²) in [4.78, 5) is 6.44. The van der Waals surface area contributed by atoms with Crippen LogP contribution < -0.4 is 5.32 Å². The van der Waals surface area contributed by atoms with Gasteiger partial charge in [0.1, 0.15) is 0 Å². The van der Waals surface area contributed by atoms with Crippen molar-refractivity contribution in [1.82, 2.24) is 10.2 Å². The van der Waals surface area contributed by atoms with E-state index in [2.05, 4.69) is 52.5 Å². The summed E-state index contributed by atoms with van der Waals surface area (Å²) >= 11 is 0. The lowest BCUT2D eigenvalue weighted by Gasteiger charge is -2.23. The molecule has 0 spiro atoms. The molecule has 2 aromatic carbocycles. The van der Waals surface area contributed by atoms with Crippen molar-refractivity contribution in [3.63, 3.8) is 0 Å². The van der Waals surface area contributed by atoms with Crippen LogP contribution in [-0.4, -0.2) is 25.0 Å². The van der Waals surface area contributed by atoms with E-state index in [1.807, 2.05) is 31.3 Å². The van der Waals surface area contributed by atoms with Gasteiger partial charge in [0.15, 0.2) is 5.96 Å². The summed E-state index contributed by atoms with van der Waals surface area (Å²) in [6.07, 6.45) is 0. The van der Waals surface area contributed by atoms with Crippen LogP contribution in [0.2, 0.25) is 0 Å². The zero-order valence-corrected chi connectivity index (χ0v) is 13.9. The lowest BCUT2D eigenvalue weighted by Crippen LogP contribution is -2.38. The molecule has 2 aromatic rings. The van der Waals surface area contributed by atoms with Gasteiger partial charge in [0.05, 0.1) is 11.6 Å². The molecule has 118 valence electrons. The lowest BCUT2D eigenvalue weighted by atomic mass is 10.1. The van der Waals surface area contributed by atoms with Crippen LogP contribution in [0, 0.1) is 18.3 Å². The van der Waals surface area contributed by atoms with Crippen LogP contribution in [0.15, 0.2) is 53.5 Å². The van der Waals surface area contributed by atoms with E-state index in [0.29, 0.717) is 12.1 Å². The zero-order valence-electron chi connectivity index (χ0n) is 13.9. The van der Waals surface area contributed by atoms with Gasteiger partial charge in [0.25, 0.3) is 0 Å². The predicted molar refractivity (Wildman–Crippen MR) is 94.0 cm³/mol. The Morgan fingerprint density at radius 3 is 2.48 bits per heavy atom. The SMILES string of the molecule is CN=C(NCc1ccc(C#N)cc1)N(C)Cc1ccccc1C. The first-order chi connectivity index (χ1) is 11.1. The average molecular weight is 306 g/mol. The van der Waals surface area contributed by atoms with Gasteiger partial charge in [-0.05, 0) is 35.7 Å². The minimum absolute atomic E-state index is 0.676. The molecule has 0 saturated heterocycles. The molecule has 4 nitrogen and oxygen atoms in total. The smallest absolute Gasteiger partial charge is 0.193 e. The van der Waals surface area contributed by atoms with Crippen molar-refractivity contribution in [2.75, 3.05) is 14.1 Å². The van der Waals surface area contributed by atoms with E-state index < -0.39 is 0 Å². The number of aryl methyl sites for hydroxylation is 1. The maximum atomic E-state index is 8.83. The number of hydrogen-bond acceptors (Lipinski definition) is 2. The third-order valence-corrected chi connectivity index (χ3v) is 3.78. The summed E-state index contributed by atoms with van der Waals surface area (Å²) in [5, 5.41) is 12.2. The number of benzene rings is 2. The van der Waals surface area contributed by atoms with Gasteiger partial charge in [-0.25, -0.2) is 0 Å². The van der Waals surface area contributed by atoms with E-state index in [-0.39, 0.29) is 0 Å². The van der Waals surface area contributed by atoms with Crippen LogP contribution in [0.1, 0.15) is 22.3 Å². The standard InChI is InChI=1S/C19H22N4/c1-15-6-4-5-7-18(15)14-23(3)19(21-2)22-13-17-10-8-16(12-20)9-11-17/h4-11H,13-14H2,1-3H3,(H,21,22). The van der Waals surface area contributed by atoms with Gasteiger partial charge >= 0.3 is 0 Å². The quantitative estimate of drug-likeness (QED) is 0.697. The van der Waals surface area contributed by atoms with E-state index >= 15 is 0 Å². The fraction of sp³-hybridized carbons (Fsp3) is 0.263. The molecule has 0 bridgehead atoms. The van der Waals surface area contributed by atoms with E-state index in [9.17, 15) is 0 Å². The fourth-order valence-corrected chi connectivity index (χ4v) is 2.38. The number of nitriles is 1. The predicted octanol–water partition coefficient (Wildman–Crippen LogP) is 3.07. The minimum atomic E-state index is 0.676. The highest BCUT2D eigenvalue weighted by Crippen LogP contribution is 2.10. The van der Waals surface area contributed by atoms with Gasteiger partial charge in [-0.2, -0.15) is 5.26 Å². The van der Waals surface area contributed by atoms with Crippen LogP contribution >= 0.6 is 0 Å². The Bertz CT molecular complexity index is 711. The van der Waals surface area contributed by atoms with Crippen LogP contribution in [0.5, 0.6) is 0 Å².